The Kier molecular flexibility index (Phi) is 15.4. The molecule has 0 aliphatic heterocycles. The smallest absolute Gasteiger partial charge is 0.165 e. The van der Waals surface area contributed by atoms with Gasteiger partial charge in [0.25, 0.3) is 0 Å². The minimum absolute atomic E-state index is 0.0506. The molecule has 12 aliphatic rings. The molecule has 10 aromatic carbocycles. The summed E-state index contributed by atoms with van der Waals surface area (Å²) < 4.78 is 7.63. The fourth-order valence-corrected chi connectivity index (χ4v) is 28.4. The van der Waals surface area contributed by atoms with Crippen LogP contribution in [0.4, 0.5) is 0 Å². The van der Waals surface area contributed by atoms with Crippen molar-refractivity contribution in [3.05, 3.63) is 247 Å². The Morgan fingerprint density at radius 1 is 0.316 bits per heavy atom. The molecule has 0 radical (unpaired) electrons. The third-order valence-corrected chi connectivity index (χ3v) is 32.6. The summed E-state index contributed by atoms with van der Waals surface area (Å²) in [6.45, 7) is 4.86. The molecule has 117 heavy (non-hydrogen) atoms. The number of hydrogen-bond acceptors (Lipinski definition) is 7. The Hall–Kier alpha value is -10.9. The number of para-hydroxylation sites is 4. The van der Waals surface area contributed by atoms with Crippen molar-refractivity contribution >= 4 is 65.4 Å². The van der Waals surface area contributed by atoms with Gasteiger partial charge in [0.15, 0.2) is 11.6 Å². The van der Waals surface area contributed by atoms with Gasteiger partial charge < -0.3 is 13.7 Å². The molecule has 12 fully saturated rings. The summed E-state index contributed by atoms with van der Waals surface area (Å²) in [6, 6.07) is 84.2. The van der Waals surface area contributed by atoms with Crippen molar-refractivity contribution in [3.63, 3.8) is 0 Å². The first-order valence-corrected chi connectivity index (χ1v) is 45.0. The quantitative estimate of drug-likeness (QED) is 0.106. The molecule has 0 spiro atoms. The number of benzene rings is 10. The predicted molar refractivity (Wildman–Crippen MR) is 472 cm³/mol. The van der Waals surface area contributed by atoms with Crippen LogP contribution >= 0.6 is 0 Å². The highest BCUT2D eigenvalue weighted by Gasteiger charge is 2.57. The van der Waals surface area contributed by atoms with Crippen molar-refractivity contribution < 1.29 is 0 Å². The number of nitriles is 1. The molecule has 578 valence electrons. The fourth-order valence-electron chi connectivity index (χ4n) is 28.4. The van der Waals surface area contributed by atoms with Gasteiger partial charge in [-0.1, -0.05) is 179 Å². The maximum absolute atomic E-state index is 10.8. The van der Waals surface area contributed by atoms with Crippen LogP contribution in [0.1, 0.15) is 197 Å². The molecule has 15 aromatic rings. The van der Waals surface area contributed by atoms with Crippen molar-refractivity contribution in [3.8, 4) is 79.3 Å². The third kappa shape index (κ3) is 10.7. The normalized spacial score (nSPS) is 28.6. The molecular formula is C107H100N10. The van der Waals surface area contributed by atoms with Crippen molar-refractivity contribution in [2.24, 2.45) is 59.2 Å². The van der Waals surface area contributed by atoms with E-state index in [-0.39, 0.29) is 21.7 Å². The van der Waals surface area contributed by atoms with E-state index in [0.717, 1.165) is 193 Å². The van der Waals surface area contributed by atoms with Crippen LogP contribution in [0.15, 0.2) is 218 Å². The van der Waals surface area contributed by atoms with Gasteiger partial charge in [0.2, 0.25) is 0 Å². The molecular weight excluding hydrogens is 1430 g/mol. The largest absolute Gasteiger partial charge is 0.309 e. The standard InChI is InChI=1S/C107H100N10/c1-3-104(53-64-29-30-65(41-64)54-104)100-109-98(110-101(113-100)105(4-2)55-66-31-32-67(42-66)56-105)87-50-77(75-18-6-5-7-19-75)35-39-93(87)117-91-27-14-10-23-82(91)83-38-40-94-96(97(83)117)84-24-11-15-28-92(84)115(94)79-36-33-76(34-37-79)86-52-95(116-89-25-12-8-21-80(89)81-22-9-13-26-90(81)116)88(51-85(86)78-20-16-17-68(49-78)63-108)99-111-102(106-57-69-43-70(58-106)45-71(44-69)59-106)114-103(112-99)107-60-72-46-73(61-107)48-74(47-72)62-107/h5-28,33-40,49-52,64-67,69-74H,3-4,29-32,41-48,53-62H2,1-2H3/t64-,65?,66?,67?,69?,70?,71?,72?,73?,74?,104?,105?,106?,107?/m0/s1. The van der Waals surface area contributed by atoms with Gasteiger partial charge in [0.05, 0.1) is 56.1 Å². The Balaban J connectivity index is 0.696. The Labute approximate surface area is 685 Å². The van der Waals surface area contributed by atoms with Crippen molar-refractivity contribution in [1.82, 2.24) is 43.6 Å². The van der Waals surface area contributed by atoms with Gasteiger partial charge in [0.1, 0.15) is 23.3 Å². The second-order valence-corrected chi connectivity index (χ2v) is 39.4. The molecule has 12 aliphatic carbocycles. The zero-order chi connectivity index (χ0) is 77.2. The second kappa shape index (κ2) is 26.1. The Bertz CT molecular complexity index is 6390. The molecule has 10 heteroatoms. The van der Waals surface area contributed by atoms with E-state index in [1.54, 1.807) is 0 Å². The maximum atomic E-state index is 10.8. The van der Waals surface area contributed by atoms with Gasteiger partial charge in [0, 0.05) is 70.8 Å². The zero-order valence-corrected chi connectivity index (χ0v) is 67.5. The van der Waals surface area contributed by atoms with Crippen LogP contribution in [-0.4, -0.2) is 43.6 Å². The maximum Gasteiger partial charge on any atom is 0.165 e. The van der Waals surface area contributed by atoms with Gasteiger partial charge in [-0.3, -0.25) is 0 Å². The third-order valence-electron chi connectivity index (χ3n) is 32.6. The fraction of sp³-hybridized carbons (Fsp3) is 0.374. The van der Waals surface area contributed by atoms with E-state index in [9.17, 15) is 5.26 Å². The first-order valence-electron chi connectivity index (χ1n) is 45.0. The SMILES string of the molecule is CCC1(c2nc(-c3cc(-c4ccccc4)ccc3-n3c4ccccc4c4ccc5c(c6ccccc6n5-c5ccc(-c6cc(-n7c8ccccc8c8ccccc87)c(-c7nc(C89CC%10CC(CC(C%10)C8)C9)nc(C89CC%10CC(CC(C%10)C8)C9)n7)cc6-c6cccc(C#N)c6)cc5)c43)nc(C3(CC)CC4CC[C@@H](C4)C3)n2)CC2CCC(C2)C1. The number of rotatable bonds is 14. The monoisotopic (exact) mass is 1520 g/mol. The molecule has 5 atom stereocenters. The zero-order valence-electron chi connectivity index (χ0n) is 67.5. The average molecular weight is 1530 g/mol. The van der Waals surface area contributed by atoms with Crippen LogP contribution < -0.4 is 0 Å². The van der Waals surface area contributed by atoms with Crippen LogP contribution in [0, 0.1) is 70.5 Å². The van der Waals surface area contributed by atoms with Crippen molar-refractivity contribution in [2.45, 2.75) is 190 Å². The lowest BCUT2D eigenvalue weighted by Crippen LogP contribution is -2.51. The average Bonchev–Trinajstić information content (AvgIpc) is 1.55. The first kappa shape index (κ1) is 69.3. The van der Waals surface area contributed by atoms with E-state index in [1.807, 2.05) is 6.07 Å². The summed E-state index contributed by atoms with van der Waals surface area (Å²) in [7, 11) is 0. The van der Waals surface area contributed by atoms with Gasteiger partial charge in [-0.05, 0) is 300 Å². The van der Waals surface area contributed by atoms with Gasteiger partial charge in [-0.25, -0.2) is 29.9 Å². The Morgan fingerprint density at radius 2 is 0.752 bits per heavy atom. The lowest BCUT2D eigenvalue weighted by molar-refractivity contribution is -0.0155. The van der Waals surface area contributed by atoms with Crippen molar-refractivity contribution in [2.75, 3.05) is 0 Å². The molecule has 12 bridgehead atoms. The van der Waals surface area contributed by atoms with E-state index in [4.69, 9.17) is 29.9 Å². The molecule has 0 N–H and O–H groups in total. The Morgan fingerprint density at radius 3 is 1.28 bits per heavy atom. The van der Waals surface area contributed by atoms with E-state index >= 15 is 0 Å². The molecule has 5 heterocycles. The summed E-state index contributed by atoms with van der Waals surface area (Å²) in [5, 5.41) is 18.0. The predicted octanol–water partition coefficient (Wildman–Crippen LogP) is 26.2. The van der Waals surface area contributed by atoms with Gasteiger partial charge in [-0.2, -0.15) is 5.26 Å². The number of fused-ring (bicyclic) bond motifs is 14. The number of nitrogens with zero attached hydrogens (tertiary/aromatic N) is 10. The van der Waals surface area contributed by atoms with Crippen molar-refractivity contribution in [1.29, 1.82) is 5.26 Å². The molecule has 0 amide bonds. The van der Waals surface area contributed by atoms with Gasteiger partial charge >= 0.3 is 0 Å². The molecule has 4 unspecified atom stereocenters. The number of hydrogen-bond donors (Lipinski definition) is 0. The number of aromatic nitrogens is 9. The van der Waals surface area contributed by atoms with E-state index in [1.165, 1.54) is 159 Å². The molecule has 12 saturated carbocycles. The first-order chi connectivity index (χ1) is 57.5. The highest BCUT2D eigenvalue weighted by atomic mass is 15.1. The summed E-state index contributed by atoms with van der Waals surface area (Å²) in [6.07, 6.45) is 29.9. The van der Waals surface area contributed by atoms with Crippen LogP contribution in [0.5, 0.6) is 0 Å². The minimum atomic E-state index is -0.103. The second-order valence-electron chi connectivity index (χ2n) is 39.4. The van der Waals surface area contributed by atoms with Crippen LogP contribution in [0.25, 0.3) is 139 Å². The molecule has 27 rings (SSSR count). The lowest BCUT2D eigenvalue weighted by Gasteiger charge is -2.57. The summed E-state index contributed by atoms with van der Waals surface area (Å²) in [4.78, 5) is 36.1. The van der Waals surface area contributed by atoms with Crippen LogP contribution in [0.3, 0.4) is 0 Å². The molecule has 0 saturated heterocycles. The van der Waals surface area contributed by atoms with E-state index in [2.05, 4.69) is 246 Å². The summed E-state index contributed by atoms with van der Waals surface area (Å²) in [5.74, 6) is 13.1. The van der Waals surface area contributed by atoms with Crippen LogP contribution in [0.2, 0.25) is 0 Å². The van der Waals surface area contributed by atoms with E-state index < -0.39 is 0 Å². The molecule has 10 nitrogen and oxygen atoms in total. The van der Waals surface area contributed by atoms with Gasteiger partial charge in [-0.15, -0.1) is 0 Å². The summed E-state index contributed by atoms with van der Waals surface area (Å²) >= 11 is 0. The molecule has 5 aromatic heterocycles. The minimum Gasteiger partial charge on any atom is -0.309 e. The topological polar surface area (TPSA) is 116 Å². The highest BCUT2D eigenvalue weighted by Crippen LogP contribution is 2.64. The lowest BCUT2D eigenvalue weighted by atomic mass is 9.49. The van der Waals surface area contributed by atoms with Crippen LogP contribution in [-0.2, 0) is 21.7 Å². The summed E-state index contributed by atoms with van der Waals surface area (Å²) in [5.41, 5.74) is 18.9. The van der Waals surface area contributed by atoms with E-state index in [0.29, 0.717) is 29.2 Å². The highest BCUT2D eigenvalue weighted by molar-refractivity contribution is 6.26.